The summed E-state index contributed by atoms with van der Waals surface area (Å²) < 4.78 is 0. The number of nitrogens with one attached hydrogen (secondary N) is 1. The lowest BCUT2D eigenvalue weighted by atomic mass is 10.1. The molecule has 1 aromatic carbocycles. The molecule has 0 aliphatic rings. The van der Waals surface area contributed by atoms with Gasteiger partial charge < -0.3 is 10.4 Å². The van der Waals surface area contributed by atoms with Gasteiger partial charge in [-0.25, -0.2) is 9.97 Å². The number of aryl methyl sites for hydroxylation is 1. The van der Waals surface area contributed by atoms with Gasteiger partial charge in [0.1, 0.15) is 17.9 Å². The summed E-state index contributed by atoms with van der Waals surface area (Å²) in [6.07, 6.45) is 4.07. The van der Waals surface area contributed by atoms with E-state index in [-0.39, 0.29) is 0 Å². The summed E-state index contributed by atoms with van der Waals surface area (Å²) in [6, 6.07) is 13.2. The zero-order chi connectivity index (χ0) is 16.1. The van der Waals surface area contributed by atoms with E-state index in [2.05, 4.69) is 20.3 Å². The molecule has 5 heteroatoms. The Labute approximate surface area is 135 Å². The second-order valence-corrected chi connectivity index (χ2v) is 5.28. The van der Waals surface area contributed by atoms with Crippen LogP contribution < -0.4 is 5.32 Å². The summed E-state index contributed by atoms with van der Waals surface area (Å²) in [5, 5.41) is 13.0. The Hall–Kier alpha value is -2.95. The minimum atomic E-state index is 0.323. The number of pyridine rings is 1. The standard InChI is InChI=1S/C18H18N4O/c1-13-6-7-15(11-20-13)16-10-18(22-12-21-16)19-9-8-14-4-2-3-5-17(14)23/h2-7,10-12,23H,8-9H2,1H3,(H,19,21,22). The zero-order valence-corrected chi connectivity index (χ0v) is 12.9. The van der Waals surface area contributed by atoms with E-state index in [0.29, 0.717) is 12.3 Å². The summed E-state index contributed by atoms with van der Waals surface area (Å²) >= 11 is 0. The highest BCUT2D eigenvalue weighted by Crippen LogP contribution is 2.19. The van der Waals surface area contributed by atoms with Crippen LogP contribution in [0.1, 0.15) is 11.3 Å². The van der Waals surface area contributed by atoms with Gasteiger partial charge >= 0.3 is 0 Å². The van der Waals surface area contributed by atoms with Crippen molar-refractivity contribution >= 4 is 5.82 Å². The van der Waals surface area contributed by atoms with Gasteiger partial charge in [0.2, 0.25) is 0 Å². The first-order valence-corrected chi connectivity index (χ1v) is 7.48. The van der Waals surface area contributed by atoms with Crippen molar-refractivity contribution in [2.24, 2.45) is 0 Å². The van der Waals surface area contributed by atoms with Crippen LogP contribution in [0.2, 0.25) is 0 Å². The van der Waals surface area contributed by atoms with Gasteiger partial charge in [0.25, 0.3) is 0 Å². The van der Waals surface area contributed by atoms with E-state index in [4.69, 9.17) is 0 Å². The number of hydrogen-bond acceptors (Lipinski definition) is 5. The van der Waals surface area contributed by atoms with Crippen LogP contribution in [-0.2, 0) is 6.42 Å². The van der Waals surface area contributed by atoms with E-state index < -0.39 is 0 Å². The first kappa shape index (κ1) is 15.0. The van der Waals surface area contributed by atoms with Gasteiger partial charge in [-0.05, 0) is 37.1 Å². The van der Waals surface area contributed by atoms with E-state index >= 15 is 0 Å². The predicted molar refractivity (Wildman–Crippen MR) is 90.3 cm³/mol. The minimum Gasteiger partial charge on any atom is -0.508 e. The monoisotopic (exact) mass is 306 g/mol. The van der Waals surface area contributed by atoms with Crippen molar-refractivity contribution in [2.75, 3.05) is 11.9 Å². The predicted octanol–water partition coefficient (Wildman–Crippen LogP) is 3.21. The third-order valence-electron chi connectivity index (χ3n) is 3.57. The lowest BCUT2D eigenvalue weighted by molar-refractivity contribution is 0.468. The van der Waals surface area contributed by atoms with E-state index in [1.165, 1.54) is 6.33 Å². The molecule has 0 radical (unpaired) electrons. The summed E-state index contributed by atoms with van der Waals surface area (Å²) in [5.41, 5.74) is 3.68. The number of phenols is 1. The molecule has 0 aliphatic carbocycles. The van der Waals surface area contributed by atoms with Gasteiger partial charge in [-0.3, -0.25) is 4.98 Å². The first-order valence-electron chi connectivity index (χ1n) is 7.48. The number of hydrogen-bond donors (Lipinski definition) is 2. The Kier molecular flexibility index (Phi) is 4.47. The maximum atomic E-state index is 9.76. The highest BCUT2D eigenvalue weighted by molar-refractivity contribution is 5.61. The van der Waals surface area contributed by atoms with E-state index in [0.717, 1.165) is 34.8 Å². The fourth-order valence-corrected chi connectivity index (χ4v) is 2.28. The Balaban J connectivity index is 1.66. The second kappa shape index (κ2) is 6.87. The molecule has 0 saturated carbocycles. The average molecular weight is 306 g/mol. The van der Waals surface area contributed by atoms with Gasteiger partial charge in [0.05, 0.1) is 5.69 Å². The summed E-state index contributed by atoms with van der Waals surface area (Å²) in [6.45, 7) is 2.63. The molecule has 3 aromatic rings. The maximum absolute atomic E-state index is 9.76. The number of benzene rings is 1. The third kappa shape index (κ3) is 3.83. The van der Waals surface area contributed by atoms with Crippen molar-refractivity contribution in [3.05, 3.63) is 66.2 Å². The highest BCUT2D eigenvalue weighted by Gasteiger charge is 2.03. The molecule has 3 rings (SSSR count). The molecule has 0 amide bonds. The van der Waals surface area contributed by atoms with Crippen LogP contribution in [0.4, 0.5) is 5.82 Å². The topological polar surface area (TPSA) is 70.9 Å². The molecule has 2 aromatic heterocycles. The number of aromatic hydroxyl groups is 1. The molecule has 116 valence electrons. The number of nitrogens with zero attached hydrogens (tertiary/aromatic N) is 3. The number of anilines is 1. The maximum Gasteiger partial charge on any atom is 0.129 e. The quantitative estimate of drug-likeness (QED) is 0.757. The van der Waals surface area contributed by atoms with Gasteiger partial charge in [0.15, 0.2) is 0 Å². The van der Waals surface area contributed by atoms with Crippen molar-refractivity contribution in [2.45, 2.75) is 13.3 Å². The van der Waals surface area contributed by atoms with Crippen LogP contribution in [-0.4, -0.2) is 26.6 Å². The SMILES string of the molecule is Cc1ccc(-c2cc(NCCc3ccccc3O)ncn2)cn1. The number of para-hydroxylation sites is 1. The van der Waals surface area contributed by atoms with Crippen LogP contribution in [0.5, 0.6) is 5.75 Å². The van der Waals surface area contributed by atoms with Crippen molar-refractivity contribution < 1.29 is 5.11 Å². The fraction of sp³-hybridized carbons (Fsp3) is 0.167. The van der Waals surface area contributed by atoms with Crippen LogP contribution in [0.25, 0.3) is 11.3 Å². The lowest BCUT2D eigenvalue weighted by Crippen LogP contribution is -2.06. The van der Waals surface area contributed by atoms with E-state index in [9.17, 15) is 5.11 Å². The van der Waals surface area contributed by atoms with Crippen molar-refractivity contribution in [1.29, 1.82) is 0 Å². The first-order chi connectivity index (χ1) is 11.2. The molecule has 5 nitrogen and oxygen atoms in total. The molecule has 23 heavy (non-hydrogen) atoms. The number of phenolic OH excluding ortho intramolecular Hbond substituents is 1. The van der Waals surface area contributed by atoms with Crippen LogP contribution >= 0.6 is 0 Å². The molecule has 0 saturated heterocycles. The summed E-state index contributed by atoms with van der Waals surface area (Å²) in [5.74, 6) is 1.08. The summed E-state index contributed by atoms with van der Waals surface area (Å²) in [7, 11) is 0. The van der Waals surface area contributed by atoms with Crippen LogP contribution in [0.3, 0.4) is 0 Å². The molecule has 0 unspecified atom stereocenters. The molecule has 0 atom stereocenters. The van der Waals surface area contributed by atoms with Crippen molar-refractivity contribution in [1.82, 2.24) is 15.0 Å². The van der Waals surface area contributed by atoms with Crippen LogP contribution in [0.15, 0.2) is 55.0 Å². The largest absolute Gasteiger partial charge is 0.508 e. The smallest absolute Gasteiger partial charge is 0.129 e. The molecule has 2 heterocycles. The second-order valence-electron chi connectivity index (χ2n) is 5.28. The Morgan fingerprint density at radius 1 is 1.04 bits per heavy atom. The van der Waals surface area contributed by atoms with Gasteiger partial charge in [0, 0.05) is 30.1 Å². The fourth-order valence-electron chi connectivity index (χ4n) is 2.28. The Bertz CT molecular complexity index is 787. The van der Waals surface area contributed by atoms with Crippen molar-refractivity contribution in [3.8, 4) is 17.0 Å². The molecule has 0 fully saturated rings. The molecule has 2 N–H and O–H groups in total. The molecular formula is C18H18N4O. The number of rotatable bonds is 5. The number of aromatic nitrogens is 3. The Morgan fingerprint density at radius 2 is 1.91 bits per heavy atom. The molecule has 0 bridgehead atoms. The van der Waals surface area contributed by atoms with Crippen LogP contribution in [0, 0.1) is 6.92 Å². The van der Waals surface area contributed by atoms with Gasteiger partial charge in [-0.15, -0.1) is 0 Å². The highest BCUT2D eigenvalue weighted by atomic mass is 16.3. The zero-order valence-electron chi connectivity index (χ0n) is 12.9. The summed E-state index contributed by atoms with van der Waals surface area (Å²) in [4.78, 5) is 12.8. The minimum absolute atomic E-state index is 0.323. The van der Waals surface area contributed by atoms with Gasteiger partial charge in [-0.1, -0.05) is 18.2 Å². The normalized spacial score (nSPS) is 10.5. The van der Waals surface area contributed by atoms with Crippen molar-refractivity contribution in [3.63, 3.8) is 0 Å². The molecule has 0 spiro atoms. The van der Waals surface area contributed by atoms with E-state index in [1.807, 2.05) is 49.5 Å². The average Bonchev–Trinajstić information content (AvgIpc) is 2.58. The van der Waals surface area contributed by atoms with E-state index in [1.54, 1.807) is 6.07 Å². The Morgan fingerprint density at radius 3 is 2.70 bits per heavy atom. The lowest BCUT2D eigenvalue weighted by Gasteiger charge is -2.08. The molecular weight excluding hydrogens is 288 g/mol. The van der Waals surface area contributed by atoms with Gasteiger partial charge in [-0.2, -0.15) is 0 Å². The molecule has 0 aliphatic heterocycles. The third-order valence-corrected chi connectivity index (χ3v) is 3.57.